The molecule has 0 spiro atoms. The fourth-order valence-electron chi connectivity index (χ4n) is 2.43. The van der Waals surface area contributed by atoms with Crippen molar-refractivity contribution in [1.29, 1.82) is 0 Å². The molecule has 5 nitrogen and oxygen atoms in total. The monoisotopic (exact) mass is 242 g/mol. The van der Waals surface area contributed by atoms with E-state index in [0.717, 1.165) is 19.3 Å². The third-order valence-electron chi connectivity index (χ3n) is 4.02. The van der Waals surface area contributed by atoms with Crippen LogP contribution in [-0.4, -0.2) is 50.5 Å². The Bertz CT molecular complexity index is 279. The highest BCUT2D eigenvalue weighted by atomic mass is 16.5. The Morgan fingerprint density at radius 2 is 2.24 bits per heavy atom. The lowest BCUT2D eigenvalue weighted by molar-refractivity contribution is -0.125. The molecule has 0 aromatic heterocycles. The van der Waals surface area contributed by atoms with Crippen LogP contribution in [0.15, 0.2) is 0 Å². The van der Waals surface area contributed by atoms with Crippen LogP contribution < -0.4 is 10.6 Å². The van der Waals surface area contributed by atoms with Gasteiger partial charge >= 0.3 is 0 Å². The minimum Gasteiger partial charge on any atom is -0.396 e. The van der Waals surface area contributed by atoms with Gasteiger partial charge in [0.2, 0.25) is 5.91 Å². The molecule has 2 unspecified atom stereocenters. The molecule has 0 bridgehead atoms. The quantitative estimate of drug-likeness (QED) is 0.587. The third-order valence-corrected chi connectivity index (χ3v) is 4.02. The van der Waals surface area contributed by atoms with Crippen LogP contribution in [0.4, 0.5) is 0 Å². The summed E-state index contributed by atoms with van der Waals surface area (Å²) >= 11 is 0. The number of nitrogens with one attached hydrogen (secondary N) is 2. The molecule has 3 N–H and O–H groups in total. The summed E-state index contributed by atoms with van der Waals surface area (Å²) in [5.74, 6) is -0.00371. The number of hydrogen-bond acceptors (Lipinski definition) is 4. The van der Waals surface area contributed by atoms with Gasteiger partial charge in [-0.3, -0.25) is 4.79 Å². The number of carbonyl (C=O) groups is 1. The first-order chi connectivity index (χ1) is 8.21. The van der Waals surface area contributed by atoms with Crippen molar-refractivity contribution in [2.24, 2.45) is 11.3 Å². The van der Waals surface area contributed by atoms with Crippen molar-refractivity contribution < 1.29 is 14.6 Å². The molecule has 1 aliphatic carbocycles. The number of amides is 1. The van der Waals surface area contributed by atoms with Gasteiger partial charge in [-0.1, -0.05) is 0 Å². The number of aliphatic hydroxyl groups excluding tert-OH is 1. The molecule has 5 heteroatoms. The van der Waals surface area contributed by atoms with Gasteiger partial charge in [-0.25, -0.2) is 0 Å². The van der Waals surface area contributed by atoms with Crippen LogP contribution in [0.25, 0.3) is 0 Å². The Morgan fingerprint density at radius 3 is 2.82 bits per heavy atom. The minimum atomic E-state index is -0.0788. The molecule has 1 amide bonds. The molecule has 0 aromatic carbocycles. The highest BCUT2D eigenvalue weighted by Gasteiger charge is 2.43. The van der Waals surface area contributed by atoms with Crippen molar-refractivity contribution in [1.82, 2.24) is 10.6 Å². The van der Waals surface area contributed by atoms with E-state index in [1.54, 1.807) is 0 Å². The summed E-state index contributed by atoms with van der Waals surface area (Å²) in [4.78, 5) is 12.0. The molecule has 2 aliphatic rings. The predicted octanol–water partition coefficient (Wildman–Crippen LogP) is -0.500. The lowest BCUT2D eigenvalue weighted by Crippen LogP contribution is -2.44. The number of ether oxygens (including phenoxy) is 1. The highest BCUT2D eigenvalue weighted by molar-refractivity contribution is 5.80. The highest BCUT2D eigenvalue weighted by Crippen LogP contribution is 2.47. The summed E-state index contributed by atoms with van der Waals surface area (Å²) in [6, 6.07) is 0.128. The van der Waals surface area contributed by atoms with Gasteiger partial charge < -0.3 is 20.5 Å². The fourth-order valence-corrected chi connectivity index (χ4v) is 2.43. The van der Waals surface area contributed by atoms with E-state index in [1.807, 2.05) is 7.05 Å². The predicted molar refractivity (Wildman–Crippen MR) is 63.5 cm³/mol. The van der Waals surface area contributed by atoms with Gasteiger partial charge in [0.1, 0.15) is 0 Å². The van der Waals surface area contributed by atoms with Gasteiger partial charge in [-0.05, 0) is 31.7 Å². The normalized spacial score (nSPS) is 30.2. The largest absolute Gasteiger partial charge is 0.396 e. The molecule has 1 aliphatic heterocycles. The van der Waals surface area contributed by atoms with Crippen LogP contribution in [0.5, 0.6) is 0 Å². The van der Waals surface area contributed by atoms with Crippen LogP contribution >= 0.6 is 0 Å². The van der Waals surface area contributed by atoms with Crippen LogP contribution in [0.1, 0.15) is 19.3 Å². The van der Waals surface area contributed by atoms with Crippen molar-refractivity contribution in [2.75, 3.05) is 33.4 Å². The zero-order valence-corrected chi connectivity index (χ0v) is 10.4. The standard InChI is InChI=1S/C12H22N2O3/c1-13-10-7-17-6-9(10)11(16)14-8-12(2-3-12)4-5-15/h9-10,13,15H,2-8H2,1H3,(H,14,16). The first kappa shape index (κ1) is 12.8. The van der Waals surface area contributed by atoms with Gasteiger partial charge in [-0.15, -0.1) is 0 Å². The van der Waals surface area contributed by atoms with E-state index in [4.69, 9.17) is 9.84 Å². The van der Waals surface area contributed by atoms with E-state index in [9.17, 15) is 4.79 Å². The fraction of sp³-hybridized carbons (Fsp3) is 0.917. The maximum Gasteiger partial charge on any atom is 0.227 e. The van der Waals surface area contributed by atoms with Crippen molar-refractivity contribution in [3.05, 3.63) is 0 Å². The molecule has 98 valence electrons. The van der Waals surface area contributed by atoms with E-state index >= 15 is 0 Å². The molecule has 1 heterocycles. The Balaban J connectivity index is 1.77. The van der Waals surface area contributed by atoms with Crippen LogP contribution in [0.2, 0.25) is 0 Å². The van der Waals surface area contributed by atoms with Gasteiger partial charge in [-0.2, -0.15) is 0 Å². The zero-order chi connectivity index (χ0) is 12.3. The van der Waals surface area contributed by atoms with Crippen molar-refractivity contribution in [3.63, 3.8) is 0 Å². The molecule has 2 atom stereocenters. The van der Waals surface area contributed by atoms with E-state index < -0.39 is 0 Å². The zero-order valence-electron chi connectivity index (χ0n) is 10.4. The summed E-state index contributed by atoms with van der Waals surface area (Å²) in [7, 11) is 1.85. The summed E-state index contributed by atoms with van der Waals surface area (Å²) in [5.41, 5.74) is 0.180. The van der Waals surface area contributed by atoms with Crippen LogP contribution in [0.3, 0.4) is 0 Å². The molecule has 2 rings (SSSR count). The maximum atomic E-state index is 12.0. The van der Waals surface area contributed by atoms with Gasteiger partial charge in [0, 0.05) is 19.2 Å². The first-order valence-corrected chi connectivity index (χ1v) is 6.34. The molecule has 1 saturated carbocycles. The second-order valence-corrected chi connectivity index (χ2v) is 5.23. The third kappa shape index (κ3) is 2.97. The smallest absolute Gasteiger partial charge is 0.227 e. The molecule has 1 saturated heterocycles. The van der Waals surface area contributed by atoms with Gasteiger partial charge in [0.15, 0.2) is 0 Å². The second-order valence-electron chi connectivity index (χ2n) is 5.23. The molecule has 0 radical (unpaired) electrons. The number of likely N-dealkylation sites (N-methyl/N-ethyl adjacent to an activating group) is 1. The summed E-state index contributed by atoms with van der Waals surface area (Å²) in [5, 5.41) is 15.1. The maximum absolute atomic E-state index is 12.0. The van der Waals surface area contributed by atoms with Gasteiger partial charge in [0.05, 0.1) is 19.1 Å². The van der Waals surface area contributed by atoms with Crippen molar-refractivity contribution >= 4 is 5.91 Å². The summed E-state index contributed by atoms with van der Waals surface area (Å²) in [6.45, 7) is 2.02. The summed E-state index contributed by atoms with van der Waals surface area (Å²) < 4.78 is 5.31. The molecule has 2 fully saturated rings. The lowest BCUT2D eigenvalue weighted by atomic mass is 10.0. The Labute approximate surface area is 102 Å². The SMILES string of the molecule is CNC1COCC1C(=O)NCC1(CCO)CC1. The first-order valence-electron chi connectivity index (χ1n) is 6.34. The minimum absolute atomic E-state index is 0.0751. The Hall–Kier alpha value is -0.650. The van der Waals surface area contributed by atoms with Crippen LogP contribution in [-0.2, 0) is 9.53 Å². The lowest BCUT2D eigenvalue weighted by Gasteiger charge is -2.19. The molecule has 0 aromatic rings. The van der Waals surface area contributed by atoms with Crippen molar-refractivity contribution in [2.45, 2.75) is 25.3 Å². The Morgan fingerprint density at radius 1 is 1.47 bits per heavy atom. The van der Waals surface area contributed by atoms with E-state index in [-0.39, 0.29) is 29.9 Å². The number of rotatable bonds is 6. The van der Waals surface area contributed by atoms with E-state index in [2.05, 4.69) is 10.6 Å². The van der Waals surface area contributed by atoms with Crippen LogP contribution in [0, 0.1) is 11.3 Å². The molecular weight excluding hydrogens is 220 g/mol. The number of carbonyl (C=O) groups excluding carboxylic acids is 1. The molecule has 17 heavy (non-hydrogen) atoms. The average Bonchev–Trinajstić information content (AvgIpc) is 2.93. The number of hydrogen-bond donors (Lipinski definition) is 3. The number of aliphatic hydroxyl groups is 1. The topological polar surface area (TPSA) is 70.6 Å². The molecular formula is C12H22N2O3. The van der Waals surface area contributed by atoms with E-state index in [1.165, 1.54) is 0 Å². The van der Waals surface area contributed by atoms with E-state index in [0.29, 0.717) is 19.8 Å². The van der Waals surface area contributed by atoms with Crippen molar-refractivity contribution in [3.8, 4) is 0 Å². The summed E-state index contributed by atoms with van der Waals surface area (Å²) in [6.07, 6.45) is 3.03. The second kappa shape index (κ2) is 5.33. The Kier molecular flexibility index (Phi) is 4.01. The average molecular weight is 242 g/mol. The van der Waals surface area contributed by atoms with Gasteiger partial charge in [0.25, 0.3) is 0 Å².